The van der Waals surface area contributed by atoms with E-state index in [1.165, 1.54) is 5.56 Å². The number of carbonyl (C=O) groups is 1. The van der Waals surface area contributed by atoms with Gasteiger partial charge in [-0.2, -0.15) is 0 Å². The maximum Gasteiger partial charge on any atom is 0.326 e. The van der Waals surface area contributed by atoms with E-state index >= 15 is 0 Å². The van der Waals surface area contributed by atoms with E-state index in [9.17, 15) is 4.79 Å². The molecule has 1 aliphatic heterocycles. The molecule has 0 fully saturated rings. The highest BCUT2D eigenvalue weighted by Gasteiger charge is 2.26. The van der Waals surface area contributed by atoms with Crippen molar-refractivity contribution >= 4 is 62.1 Å². The Morgan fingerprint density at radius 3 is 2.74 bits per heavy atom. The Kier molecular flexibility index (Phi) is 7.25. The lowest BCUT2D eigenvalue weighted by Gasteiger charge is -2.27. The number of fused-ring (bicyclic) bond motifs is 3. The second-order valence-corrected chi connectivity index (χ2v) is 10.2. The van der Waals surface area contributed by atoms with Crippen LogP contribution in [0.5, 0.6) is 0 Å². The van der Waals surface area contributed by atoms with Crippen LogP contribution in [0.15, 0.2) is 71.3 Å². The minimum absolute atomic E-state index is 0.140. The van der Waals surface area contributed by atoms with Crippen molar-refractivity contribution in [3.63, 3.8) is 0 Å². The molecule has 8 heteroatoms. The smallest absolute Gasteiger partial charge is 0.326 e. The molecule has 178 valence electrons. The van der Waals surface area contributed by atoms with E-state index in [-0.39, 0.29) is 6.03 Å². The lowest BCUT2D eigenvalue weighted by molar-refractivity contribution is 0.240. The lowest BCUT2D eigenvalue weighted by atomic mass is 10.0. The SMILES string of the molecule is O=C(NCc1ccnc(Cl)c1)n1c2c(c3ccc(Br)cc31)CN(CC=Cc1ccc(Cl)cc1)CC2. The average Bonchev–Trinajstić information content (AvgIpc) is 3.16. The van der Waals surface area contributed by atoms with Gasteiger partial charge in [-0.3, -0.25) is 9.47 Å². The third-order valence-electron chi connectivity index (χ3n) is 6.17. The van der Waals surface area contributed by atoms with E-state index in [0.717, 1.165) is 63.3 Å². The third-order valence-corrected chi connectivity index (χ3v) is 7.12. The number of amides is 1. The zero-order valence-corrected chi connectivity index (χ0v) is 21.9. The fourth-order valence-electron chi connectivity index (χ4n) is 4.50. The summed E-state index contributed by atoms with van der Waals surface area (Å²) in [6, 6.07) is 17.4. The van der Waals surface area contributed by atoms with Crippen molar-refractivity contribution in [1.82, 2.24) is 19.8 Å². The molecule has 1 N–H and O–H groups in total. The van der Waals surface area contributed by atoms with Crippen LogP contribution < -0.4 is 5.32 Å². The minimum Gasteiger partial charge on any atom is -0.333 e. The number of hydrogen-bond donors (Lipinski definition) is 1. The number of carbonyl (C=O) groups excluding carboxylic acids is 1. The molecule has 1 amide bonds. The molecule has 4 aromatic rings. The van der Waals surface area contributed by atoms with Gasteiger partial charge in [0.2, 0.25) is 0 Å². The molecule has 5 rings (SSSR count). The Hall–Kier alpha value is -2.64. The van der Waals surface area contributed by atoms with Crippen molar-refractivity contribution in [1.29, 1.82) is 0 Å². The second-order valence-electron chi connectivity index (χ2n) is 8.51. The van der Waals surface area contributed by atoms with Crippen LogP contribution in [0.4, 0.5) is 4.79 Å². The normalized spacial score (nSPS) is 13.9. The van der Waals surface area contributed by atoms with Crippen molar-refractivity contribution in [2.45, 2.75) is 19.5 Å². The van der Waals surface area contributed by atoms with E-state index in [4.69, 9.17) is 23.2 Å². The first kappa shape index (κ1) is 24.1. The van der Waals surface area contributed by atoms with Gasteiger partial charge in [0.1, 0.15) is 5.15 Å². The van der Waals surface area contributed by atoms with Crippen LogP contribution in [-0.4, -0.2) is 33.6 Å². The number of rotatable bonds is 5. The summed E-state index contributed by atoms with van der Waals surface area (Å²) in [5.74, 6) is 0. The van der Waals surface area contributed by atoms with Gasteiger partial charge in [0, 0.05) is 59.4 Å². The summed E-state index contributed by atoms with van der Waals surface area (Å²) in [5, 5.41) is 5.30. The van der Waals surface area contributed by atoms with Gasteiger partial charge < -0.3 is 5.32 Å². The van der Waals surface area contributed by atoms with E-state index in [1.54, 1.807) is 12.3 Å². The van der Waals surface area contributed by atoms with Gasteiger partial charge in [0.15, 0.2) is 0 Å². The Labute approximate surface area is 222 Å². The highest BCUT2D eigenvalue weighted by molar-refractivity contribution is 9.10. The summed E-state index contributed by atoms with van der Waals surface area (Å²) in [6.07, 6.45) is 6.73. The molecule has 2 aromatic carbocycles. The summed E-state index contributed by atoms with van der Waals surface area (Å²) in [7, 11) is 0. The van der Waals surface area contributed by atoms with Gasteiger partial charge >= 0.3 is 6.03 Å². The van der Waals surface area contributed by atoms with E-state index in [1.807, 2.05) is 47.0 Å². The molecular weight excluding hydrogens is 547 g/mol. The maximum absolute atomic E-state index is 13.3. The summed E-state index contributed by atoms with van der Waals surface area (Å²) in [5.41, 5.74) is 5.22. The molecule has 1 aliphatic rings. The third kappa shape index (κ3) is 5.46. The monoisotopic (exact) mass is 568 g/mol. The molecule has 0 unspecified atom stereocenters. The molecule has 0 radical (unpaired) electrons. The Morgan fingerprint density at radius 1 is 1.11 bits per heavy atom. The van der Waals surface area contributed by atoms with Gasteiger partial charge in [-0.15, -0.1) is 0 Å². The fourth-order valence-corrected chi connectivity index (χ4v) is 5.17. The highest BCUT2D eigenvalue weighted by Crippen LogP contribution is 2.32. The summed E-state index contributed by atoms with van der Waals surface area (Å²) in [4.78, 5) is 19.8. The van der Waals surface area contributed by atoms with Crippen LogP contribution in [0.2, 0.25) is 10.2 Å². The number of aromatic nitrogens is 2. The first-order valence-electron chi connectivity index (χ1n) is 11.3. The Balaban J connectivity index is 1.37. The second kappa shape index (κ2) is 10.5. The van der Waals surface area contributed by atoms with Crippen molar-refractivity contribution in [3.8, 4) is 0 Å². The minimum atomic E-state index is -0.140. The van der Waals surface area contributed by atoms with Crippen LogP contribution in [0.3, 0.4) is 0 Å². The predicted molar refractivity (Wildman–Crippen MR) is 146 cm³/mol. The van der Waals surface area contributed by atoms with E-state index < -0.39 is 0 Å². The number of hydrogen-bond acceptors (Lipinski definition) is 3. The Bertz CT molecular complexity index is 1410. The van der Waals surface area contributed by atoms with Crippen molar-refractivity contribution in [2.24, 2.45) is 0 Å². The lowest BCUT2D eigenvalue weighted by Crippen LogP contribution is -2.34. The fraction of sp³-hybridized carbons (Fsp3) is 0.185. The summed E-state index contributed by atoms with van der Waals surface area (Å²) >= 11 is 15.5. The topological polar surface area (TPSA) is 50.2 Å². The quantitative estimate of drug-likeness (QED) is 0.265. The van der Waals surface area contributed by atoms with Gasteiger partial charge in [0.25, 0.3) is 0 Å². The first-order valence-corrected chi connectivity index (χ1v) is 12.9. The number of halogens is 3. The highest BCUT2D eigenvalue weighted by atomic mass is 79.9. The van der Waals surface area contributed by atoms with Gasteiger partial charge in [-0.05, 0) is 53.1 Å². The van der Waals surface area contributed by atoms with Crippen LogP contribution in [-0.2, 0) is 19.5 Å². The zero-order valence-electron chi connectivity index (χ0n) is 18.8. The van der Waals surface area contributed by atoms with Crippen molar-refractivity contribution in [3.05, 3.63) is 104 Å². The van der Waals surface area contributed by atoms with Crippen LogP contribution in [0.1, 0.15) is 22.4 Å². The molecule has 35 heavy (non-hydrogen) atoms. The largest absolute Gasteiger partial charge is 0.333 e. The zero-order chi connectivity index (χ0) is 24.4. The van der Waals surface area contributed by atoms with Gasteiger partial charge in [-0.25, -0.2) is 9.78 Å². The van der Waals surface area contributed by atoms with Gasteiger partial charge in [-0.1, -0.05) is 69.5 Å². The van der Waals surface area contributed by atoms with Gasteiger partial charge in [0.05, 0.1) is 5.52 Å². The number of nitrogens with one attached hydrogen (secondary N) is 1. The van der Waals surface area contributed by atoms with Crippen LogP contribution in [0.25, 0.3) is 17.0 Å². The first-order chi connectivity index (χ1) is 17.0. The summed E-state index contributed by atoms with van der Waals surface area (Å²) in [6.45, 7) is 2.88. The molecule has 0 bridgehead atoms. The summed E-state index contributed by atoms with van der Waals surface area (Å²) < 4.78 is 2.77. The molecular formula is C27H23BrCl2N4O. The van der Waals surface area contributed by atoms with E-state index in [0.29, 0.717) is 11.7 Å². The molecule has 3 heterocycles. The van der Waals surface area contributed by atoms with Crippen molar-refractivity contribution < 1.29 is 4.79 Å². The molecule has 5 nitrogen and oxygen atoms in total. The number of benzene rings is 2. The molecule has 0 aliphatic carbocycles. The van der Waals surface area contributed by atoms with Crippen LogP contribution in [0, 0.1) is 0 Å². The van der Waals surface area contributed by atoms with Crippen molar-refractivity contribution in [2.75, 3.05) is 13.1 Å². The van der Waals surface area contributed by atoms with Crippen LogP contribution >= 0.6 is 39.1 Å². The molecule has 0 spiro atoms. The Morgan fingerprint density at radius 2 is 1.94 bits per heavy atom. The van der Waals surface area contributed by atoms with E-state index in [2.05, 4.69) is 49.3 Å². The predicted octanol–water partition coefficient (Wildman–Crippen LogP) is 6.94. The molecule has 0 saturated heterocycles. The molecule has 0 atom stereocenters. The molecule has 0 saturated carbocycles. The average molecular weight is 570 g/mol. The standard InChI is InChI=1S/C27H23BrCl2N4O/c28-20-5-8-22-23-17-33(12-1-2-18-3-6-21(29)7-4-18)13-10-24(23)34(25(22)15-20)27(35)32-16-19-9-11-31-26(30)14-19/h1-9,11,14-15H,10,12-13,16-17H2,(H,32,35). The number of nitrogens with zero attached hydrogens (tertiary/aromatic N) is 3. The maximum atomic E-state index is 13.3. The number of pyridine rings is 1. The molecule has 2 aromatic heterocycles.